The molecule has 0 spiro atoms. The molecule has 4 rings (SSSR count). The summed E-state index contributed by atoms with van der Waals surface area (Å²) in [4.78, 5) is 24.6. The number of hydrogen-bond acceptors (Lipinski definition) is 2. The molecule has 4 aliphatic rings. The van der Waals surface area contributed by atoms with Crippen molar-refractivity contribution in [1.29, 1.82) is 0 Å². The van der Waals surface area contributed by atoms with E-state index in [0.717, 1.165) is 11.1 Å². The lowest BCUT2D eigenvalue weighted by molar-refractivity contribution is -0.133. The van der Waals surface area contributed by atoms with Crippen LogP contribution >= 0.6 is 0 Å². The number of halogens is 2. The van der Waals surface area contributed by atoms with E-state index in [9.17, 15) is 18.4 Å². The third kappa shape index (κ3) is 1.86. The molecule has 26 heavy (non-hydrogen) atoms. The van der Waals surface area contributed by atoms with Crippen LogP contribution in [0.5, 0.6) is 0 Å². The van der Waals surface area contributed by atoms with Gasteiger partial charge in [0.15, 0.2) is 17.8 Å². The lowest BCUT2D eigenvalue weighted by atomic mass is 9.44. The summed E-state index contributed by atoms with van der Waals surface area (Å²) in [6, 6.07) is 0. The Hall–Kier alpha value is -1.58. The maximum Gasteiger partial charge on any atom is 0.214 e. The van der Waals surface area contributed by atoms with Crippen LogP contribution in [0.25, 0.3) is 0 Å². The molecule has 0 radical (unpaired) electrons. The minimum Gasteiger partial charge on any atom is -0.296 e. The van der Waals surface area contributed by atoms with Crippen molar-refractivity contribution in [3.05, 3.63) is 35.2 Å². The van der Waals surface area contributed by atoms with E-state index >= 15 is 0 Å². The Bertz CT molecular complexity index is 807. The zero-order valence-electron chi connectivity index (χ0n) is 15.9. The summed E-state index contributed by atoms with van der Waals surface area (Å²) in [6.45, 7) is 12.0. The van der Waals surface area contributed by atoms with Gasteiger partial charge in [-0.1, -0.05) is 38.5 Å². The van der Waals surface area contributed by atoms with E-state index in [-0.39, 0.29) is 35.9 Å². The maximum atomic E-state index is 14.9. The summed E-state index contributed by atoms with van der Waals surface area (Å²) in [5.74, 6) is -1.84. The number of allylic oxidation sites excluding steroid dienone is 5. The molecular weight excluding hydrogens is 334 g/mol. The molecule has 4 aliphatic carbocycles. The highest BCUT2D eigenvalue weighted by Crippen LogP contribution is 2.67. The van der Waals surface area contributed by atoms with Gasteiger partial charge in [0.05, 0.1) is 0 Å². The van der Waals surface area contributed by atoms with Crippen LogP contribution in [0.2, 0.25) is 0 Å². The highest BCUT2D eigenvalue weighted by Gasteiger charge is 2.64. The molecule has 0 bridgehead atoms. The Morgan fingerprint density at radius 2 is 1.88 bits per heavy atom. The first-order valence-corrected chi connectivity index (χ1v) is 9.55. The number of carbonyl (C=O) groups excluding carboxylic acids is 2. The van der Waals surface area contributed by atoms with Crippen LogP contribution in [-0.4, -0.2) is 17.7 Å². The molecule has 0 aromatic heterocycles. The highest BCUT2D eigenvalue weighted by atomic mass is 19.1. The van der Waals surface area contributed by atoms with Gasteiger partial charge >= 0.3 is 0 Å². The molecule has 0 aliphatic heterocycles. The zero-order valence-corrected chi connectivity index (χ0v) is 15.9. The van der Waals surface area contributed by atoms with Crippen LogP contribution in [0.4, 0.5) is 8.78 Å². The fraction of sp³-hybridized carbons (Fsp3) is 0.636. The third-order valence-corrected chi connectivity index (χ3v) is 8.31. The Kier molecular flexibility index (Phi) is 3.59. The smallest absolute Gasteiger partial charge is 0.214 e. The monoisotopic (exact) mass is 360 g/mol. The lowest BCUT2D eigenvalue weighted by Crippen LogP contribution is -2.53. The molecule has 0 amide bonds. The van der Waals surface area contributed by atoms with Gasteiger partial charge in [-0.15, -0.1) is 0 Å². The van der Waals surface area contributed by atoms with E-state index in [0.29, 0.717) is 18.4 Å². The van der Waals surface area contributed by atoms with Crippen molar-refractivity contribution in [3.63, 3.8) is 0 Å². The molecule has 7 atom stereocenters. The van der Waals surface area contributed by atoms with Crippen molar-refractivity contribution in [2.75, 3.05) is 0 Å². The molecule has 0 aromatic carbocycles. The minimum absolute atomic E-state index is 0.0217. The molecule has 0 N–H and O–H groups in total. The number of alkyl halides is 1. The topological polar surface area (TPSA) is 34.1 Å². The second-order valence-electron chi connectivity index (χ2n) is 9.18. The number of carbonyl (C=O) groups is 2. The molecule has 2 nitrogen and oxygen atoms in total. The van der Waals surface area contributed by atoms with Crippen LogP contribution in [0.15, 0.2) is 35.2 Å². The first kappa shape index (κ1) is 17.8. The summed E-state index contributed by atoms with van der Waals surface area (Å²) in [5, 5.41) is 0. The maximum absolute atomic E-state index is 14.9. The van der Waals surface area contributed by atoms with Gasteiger partial charge in [-0.3, -0.25) is 9.59 Å². The largest absolute Gasteiger partial charge is 0.296 e. The Balaban J connectivity index is 1.89. The van der Waals surface area contributed by atoms with Crippen molar-refractivity contribution in [2.24, 2.45) is 34.5 Å². The number of Topliss-reactive ketones (excluding diaryl/α,β-unsaturated/α-hetero) is 1. The quantitative estimate of drug-likeness (QED) is 0.575. The Morgan fingerprint density at radius 1 is 1.23 bits per heavy atom. The van der Waals surface area contributed by atoms with Gasteiger partial charge in [0.25, 0.3) is 0 Å². The zero-order chi connectivity index (χ0) is 19.2. The number of hydrogen-bond donors (Lipinski definition) is 0. The van der Waals surface area contributed by atoms with Crippen LogP contribution < -0.4 is 0 Å². The normalized spacial score (nSPS) is 48.2. The van der Waals surface area contributed by atoms with Gasteiger partial charge in [0, 0.05) is 16.7 Å². The van der Waals surface area contributed by atoms with Crippen LogP contribution in [0.1, 0.15) is 47.0 Å². The van der Waals surface area contributed by atoms with Gasteiger partial charge in [-0.2, -0.15) is 0 Å². The van der Waals surface area contributed by atoms with E-state index in [4.69, 9.17) is 0 Å². The first-order chi connectivity index (χ1) is 12.0. The summed E-state index contributed by atoms with van der Waals surface area (Å²) in [7, 11) is 0. The SMILES string of the molecule is C=C1C(C)C2=C(F)C(=O)C=C(C)[C@]2(C)[C@H]2CC[C@]3(C)C(=O)C(F)C[C@H]3[C@H]12. The van der Waals surface area contributed by atoms with Crippen molar-refractivity contribution in [1.82, 2.24) is 0 Å². The van der Waals surface area contributed by atoms with E-state index in [2.05, 4.69) is 6.58 Å². The molecule has 0 aromatic rings. The Labute approximate surface area is 153 Å². The molecule has 3 saturated carbocycles. The summed E-state index contributed by atoms with van der Waals surface area (Å²) in [5.41, 5.74) is 1.05. The second kappa shape index (κ2) is 5.24. The average molecular weight is 360 g/mol. The van der Waals surface area contributed by atoms with Gasteiger partial charge in [-0.05, 0) is 55.6 Å². The second-order valence-corrected chi connectivity index (χ2v) is 9.18. The van der Waals surface area contributed by atoms with Crippen molar-refractivity contribution < 1.29 is 18.4 Å². The predicted octanol–water partition coefficient (Wildman–Crippen LogP) is 4.91. The number of ketones is 2. The lowest BCUT2D eigenvalue weighted by Gasteiger charge is -2.59. The molecule has 140 valence electrons. The Morgan fingerprint density at radius 3 is 2.54 bits per heavy atom. The van der Waals surface area contributed by atoms with Crippen LogP contribution in [0, 0.1) is 34.5 Å². The van der Waals surface area contributed by atoms with Gasteiger partial charge in [0.1, 0.15) is 0 Å². The molecule has 4 heteroatoms. The first-order valence-electron chi connectivity index (χ1n) is 9.55. The predicted molar refractivity (Wildman–Crippen MR) is 95.6 cm³/mol. The van der Waals surface area contributed by atoms with E-state index in [1.54, 1.807) is 0 Å². The summed E-state index contributed by atoms with van der Waals surface area (Å²) in [6.07, 6.45) is 1.59. The molecule has 0 heterocycles. The molecule has 3 fully saturated rings. The van der Waals surface area contributed by atoms with E-state index in [1.807, 2.05) is 27.7 Å². The third-order valence-electron chi connectivity index (χ3n) is 8.31. The van der Waals surface area contributed by atoms with Crippen LogP contribution in [-0.2, 0) is 9.59 Å². The van der Waals surface area contributed by atoms with E-state index < -0.39 is 28.6 Å². The highest BCUT2D eigenvalue weighted by molar-refractivity contribution is 6.05. The number of rotatable bonds is 0. The van der Waals surface area contributed by atoms with Crippen molar-refractivity contribution in [3.8, 4) is 0 Å². The van der Waals surface area contributed by atoms with Gasteiger partial charge < -0.3 is 0 Å². The number of fused-ring (bicyclic) bond motifs is 5. The van der Waals surface area contributed by atoms with Gasteiger partial charge in [0.2, 0.25) is 5.78 Å². The van der Waals surface area contributed by atoms with Crippen LogP contribution in [0.3, 0.4) is 0 Å². The summed E-state index contributed by atoms with van der Waals surface area (Å²) >= 11 is 0. The fourth-order valence-corrected chi connectivity index (χ4v) is 6.65. The molecule has 0 saturated heterocycles. The van der Waals surface area contributed by atoms with E-state index in [1.165, 1.54) is 6.08 Å². The van der Waals surface area contributed by atoms with Crippen molar-refractivity contribution >= 4 is 11.6 Å². The molecule has 2 unspecified atom stereocenters. The average Bonchev–Trinajstić information content (AvgIpc) is 2.81. The van der Waals surface area contributed by atoms with Gasteiger partial charge in [-0.25, -0.2) is 8.78 Å². The summed E-state index contributed by atoms with van der Waals surface area (Å²) < 4.78 is 29.3. The van der Waals surface area contributed by atoms with Crippen molar-refractivity contribution in [2.45, 2.75) is 53.1 Å². The standard InChI is InChI=1S/C22H26F2O2/c1-10-8-16(25)19(24)18-12(3)11(2)17-13(22(10,18)5)6-7-21(4)14(17)9-15(23)20(21)26/h8,12-15,17H,2,6-7,9H2,1,3-5H3/t12?,13-,14-,15?,17+,21-,22+/m0/s1. The minimum atomic E-state index is -1.40. The molecular formula is C22H26F2O2. The fourth-order valence-electron chi connectivity index (χ4n) is 6.65.